The topological polar surface area (TPSA) is 100 Å². The Bertz CT molecular complexity index is 662. The Morgan fingerprint density at radius 1 is 1.37 bits per heavy atom. The van der Waals surface area contributed by atoms with Crippen LogP contribution >= 0.6 is 0 Å². The highest BCUT2D eigenvalue weighted by molar-refractivity contribution is 5.99. The number of fused-ring (bicyclic) bond motifs is 1. The SMILES string of the molecule is Nc1ccc2[nH]c(C(=O)NC3CNC(=O)C3)cc2c1. The van der Waals surface area contributed by atoms with Crippen LogP contribution in [0.25, 0.3) is 10.9 Å². The van der Waals surface area contributed by atoms with Crippen LogP contribution in [-0.4, -0.2) is 29.4 Å². The van der Waals surface area contributed by atoms with Gasteiger partial charge in [0.15, 0.2) is 0 Å². The van der Waals surface area contributed by atoms with Gasteiger partial charge in [-0.1, -0.05) is 0 Å². The molecule has 0 aliphatic carbocycles. The molecule has 1 atom stereocenters. The zero-order chi connectivity index (χ0) is 13.4. The van der Waals surface area contributed by atoms with Crippen molar-refractivity contribution in [1.82, 2.24) is 15.6 Å². The predicted octanol–water partition coefficient (Wildman–Crippen LogP) is 0.368. The Kier molecular flexibility index (Phi) is 2.63. The molecule has 0 saturated carbocycles. The van der Waals surface area contributed by atoms with Crippen LogP contribution in [0.15, 0.2) is 24.3 Å². The lowest BCUT2D eigenvalue weighted by molar-refractivity contribution is -0.119. The van der Waals surface area contributed by atoms with Crippen molar-refractivity contribution in [3.63, 3.8) is 0 Å². The van der Waals surface area contributed by atoms with E-state index in [1.165, 1.54) is 0 Å². The van der Waals surface area contributed by atoms with Crippen LogP contribution in [0.3, 0.4) is 0 Å². The largest absolute Gasteiger partial charge is 0.399 e. The summed E-state index contributed by atoms with van der Waals surface area (Å²) in [6, 6.07) is 7.04. The fraction of sp³-hybridized carbons (Fsp3) is 0.231. The first kappa shape index (κ1) is 11.6. The highest BCUT2D eigenvalue weighted by atomic mass is 16.2. The lowest BCUT2D eigenvalue weighted by Gasteiger charge is -2.08. The summed E-state index contributed by atoms with van der Waals surface area (Å²) in [6.07, 6.45) is 0.332. The molecule has 1 aromatic carbocycles. The molecule has 2 aromatic rings. The fourth-order valence-corrected chi connectivity index (χ4v) is 2.24. The molecule has 1 unspecified atom stereocenters. The second-order valence-electron chi connectivity index (χ2n) is 4.71. The van der Waals surface area contributed by atoms with Crippen LogP contribution in [0.1, 0.15) is 16.9 Å². The van der Waals surface area contributed by atoms with Gasteiger partial charge in [0.25, 0.3) is 5.91 Å². The molecule has 0 bridgehead atoms. The molecule has 6 nitrogen and oxygen atoms in total. The molecule has 1 fully saturated rings. The minimum Gasteiger partial charge on any atom is -0.399 e. The number of anilines is 1. The van der Waals surface area contributed by atoms with Gasteiger partial charge in [0.05, 0.1) is 6.04 Å². The first-order chi connectivity index (χ1) is 9.11. The van der Waals surface area contributed by atoms with Crippen molar-refractivity contribution in [2.45, 2.75) is 12.5 Å². The Labute approximate surface area is 109 Å². The van der Waals surface area contributed by atoms with Gasteiger partial charge in [-0.2, -0.15) is 0 Å². The van der Waals surface area contributed by atoms with Crippen molar-refractivity contribution in [2.75, 3.05) is 12.3 Å². The molecule has 1 aromatic heterocycles. The summed E-state index contributed by atoms with van der Waals surface area (Å²) >= 11 is 0. The number of carbonyl (C=O) groups is 2. The molecular weight excluding hydrogens is 244 g/mol. The molecule has 1 aliphatic heterocycles. The minimum atomic E-state index is -0.212. The summed E-state index contributed by atoms with van der Waals surface area (Å²) in [4.78, 5) is 26.1. The summed E-state index contributed by atoms with van der Waals surface area (Å²) in [7, 11) is 0. The van der Waals surface area contributed by atoms with E-state index in [1.807, 2.05) is 12.1 Å². The van der Waals surface area contributed by atoms with Gasteiger partial charge in [-0.3, -0.25) is 9.59 Å². The van der Waals surface area contributed by atoms with E-state index in [4.69, 9.17) is 5.73 Å². The van der Waals surface area contributed by atoms with E-state index in [0.29, 0.717) is 24.3 Å². The van der Waals surface area contributed by atoms with E-state index in [0.717, 1.165) is 10.9 Å². The van der Waals surface area contributed by atoms with E-state index >= 15 is 0 Å². The lowest BCUT2D eigenvalue weighted by Crippen LogP contribution is -2.36. The van der Waals surface area contributed by atoms with Gasteiger partial charge < -0.3 is 21.4 Å². The molecule has 0 radical (unpaired) electrons. The van der Waals surface area contributed by atoms with Crippen LogP contribution in [0.4, 0.5) is 5.69 Å². The number of amides is 2. The van der Waals surface area contributed by atoms with Crippen LogP contribution in [0.5, 0.6) is 0 Å². The molecule has 5 N–H and O–H groups in total. The number of nitrogen functional groups attached to an aromatic ring is 1. The van der Waals surface area contributed by atoms with Gasteiger partial charge in [-0.25, -0.2) is 0 Å². The maximum Gasteiger partial charge on any atom is 0.268 e. The summed E-state index contributed by atoms with van der Waals surface area (Å²) < 4.78 is 0. The van der Waals surface area contributed by atoms with Crippen molar-refractivity contribution in [3.8, 4) is 0 Å². The summed E-state index contributed by atoms with van der Waals surface area (Å²) in [6.45, 7) is 0.484. The second-order valence-corrected chi connectivity index (χ2v) is 4.71. The molecule has 3 rings (SSSR count). The monoisotopic (exact) mass is 258 g/mol. The zero-order valence-electron chi connectivity index (χ0n) is 10.2. The summed E-state index contributed by atoms with van der Waals surface area (Å²) in [5, 5.41) is 6.39. The highest BCUT2D eigenvalue weighted by Gasteiger charge is 2.23. The van der Waals surface area contributed by atoms with Gasteiger partial charge in [-0.05, 0) is 24.3 Å². The smallest absolute Gasteiger partial charge is 0.268 e. The summed E-state index contributed by atoms with van der Waals surface area (Å²) in [5.74, 6) is -0.244. The number of nitrogens with two attached hydrogens (primary N) is 1. The molecule has 6 heteroatoms. The number of hydrogen-bond acceptors (Lipinski definition) is 3. The first-order valence-electron chi connectivity index (χ1n) is 6.07. The Morgan fingerprint density at radius 3 is 2.95 bits per heavy atom. The minimum absolute atomic E-state index is 0.0327. The molecule has 19 heavy (non-hydrogen) atoms. The molecule has 98 valence electrons. The van der Waals surface area contributed by atoms with Crippen LogP contribution in [0.2, 0.25) is 0 Å². The first-order valence-corrected chi connectivity index (χ1v) is 6.07. The van der Waals surface area contributed by atoms with Gasteiger partial charge in [0, 0.05) is 29.6 Å². The van der Waals surface area contributed by atoms with Crippen molar-refractivity contribution in [3.05, 3.63) is 30.0 Å². The highest BCUT2D eigenvalue weighted by Crippen LogP contribution is 2.18. The van der Waals surface area contributed by atoms with E-state index in [2.05, 4.69) is 15.6 Å². The van der Waals surface area contributed by atoms with E-state index in [1.54, 1.807) is 12.1 Å². The number of benzene rings is 1. The third-order valence-electron chi connectivity index (χ3n) is 3.20. The van der Waals surface area contributed by atoms with Crippen LogP contribution < -0.4 is 16.4 Å². The van der Waals surface area contributed by atoms with Crippen molar-refractivity contribution in [1.29, 1.82) is 0 Å². The van der Waals surface area contributed by atoms with E-state index in [9.17, 15) is 9.59 Å². The van der Waals surface area contributed by atoms with Crippen LogP contribution in [0, 0.1) is 0 Å². The molecular formula is C13H14N4O2. The molecule has 1 aliphatic rings. The normalized spacial score (nSPS) is 18.5. The van der Waals surface area contributed by atoms with Gasteiger partial charge in [-0.15, -0.1) is 0 Å². The Morgan fingerprint density at radius 2 is 2.21 bits per heavy atom. The lowest BCUT2D eigenvalue weighted by atomic mass is 10.2. The summed E-state index contributed by atoms with van der Waals surface area (Å²) in [5.41, 5.74) is 7.69. The number of hydrogen-bond donors (Lipinski definition) is 4. The van der Waals surface area contributed by atoms with E-state index < -0.39 is 0 Å². The molecule has 2 heterocycles. The predicted molar refractivity (Wildman–Crippen MR) is 71.6 cm³/mol. The number of rotatable bonds is 2. The quantitative estimate of drug-likeness (QED) is 0.585. The average Bonchev–Trinajstić information content (AvgIpc) is 2.95. The maximum absolute atomic E-state index is 12.0. The molecule has 0 spiro atoms. The average molecular weight is 258 g/mol. The van der Waals surface area contributed by atoms with E-state index in [-0.39, 0.29) is 17.9 Å². The fourth-order valence-electron chi connectivity index (χ4n) is 2.24. The second kappa shape index (κ2) is 4.31. The Hall–Kier alpha value is -2.50. The number of aromatic amines is 1. The van der Waals surface area contributed by atoms with Crippen molar-refractivity contribution in [2.24, 2.45) is 0 Å². The maximum atomic E-state index is 12.0. The molecule has 1 saturated heterocycles. The van der Waals surface area contributed by atoms with Crippen molar-refractivity contribution >= 4 is 28.4 Å². The van der Waals surface area contributed by atoms with Gasteiger partial charge in [0.2, 0.25) is 5.91 Å². The number of nitrogens with one attached hydrogen (secondary N) is 3. The standard InChI is InChI=1S/C13H14N4O2/c14-8-1-2-10-7(3-8)4-11(17-10)13(19)16-9-5-12(18)15-6-9/h1-4,9,17H,5-6,14H2,(H,15,18)(H,16,19). The Balaban J connectivity index is 1.79. The number of carbonyl (C=O) groups excluding carboxylic acids is 2. The van der Waals surface area contributed by atoms with Gasteiger partial charge >= 0.3 is 0 Å². The third kappa shape index (κ3) is 2.24. The third-order valence-corrected chi connectivity index (χ3v) is 3.20. The van der Waals surface area contributed by atoms with Crippen molar-refractivity contribution < 1.29 is 9.59 Å². The molecule has 2 amide bonds. The number of aromatic nitrogens is 1. The van der Waals surface area contributed by atoms with Crippen LogP contribution in [-0.2, 0) is 4.79 Å². The zero-order valence-corrected chi connectivity index (χ0v) is 10.2. The number of H-pyrrole nitrogens is 1. The van der Waals surface area contributed by atoms with Gasteiger partial charge in [0.1, 0.15) is 5.69 Å².